The van der Waals surface area contributed by atoms with E-state index in [-0.39, 0.29) is 16.6 Å². The third-order valence-electron chi connectivity index (χ3n) is 3.05. The minimum Gasteiger partial charge on any atom is -0.466 e. The number of methoxy groups -OCH3 is 2. The molecular weight excluding hydrogens is 348 g/mol. The summed E-state index contributed by atoms with van der Waals surface area (Å²) in [6.07, 6.45) is 0.967. The quantitative estimate of drug-likeness (QED) is 0.613. The maximum absolute atomic E-state index is 12.0. The molecule has 0 saturated carbocycles. The SMILES string of the molecule is COC(=O)/C=C(/Nc1ccc(NC(=O)C(C)(C)C)c(Cl)c1)C(=O)OC. The first-order valence-electron chi connectivity index (χ1n) is 7.34. The maximum Gasteiger partial charge on any atom is 0.354 e. The van der Waals surface area contributed by atoms with Gasteiger partial charge in [-0.25, -0.2) is 9.59 Å². The Bertz CT molecular complexity index is 707. The highest BCUT2D eigenvalue weighted by Gasteiger charge is 2.22. The minimum absolute atomic E-state index is 0.114. The van der Waals surface area contributed by atoms with Crippen molar-refractivity contribution in [3.63, 3.8) is 0 Å². The van der Waals surface area contributed by atoms with Crippen molar-refractivity contribution < 1.29 is 23.9 Å². The van der Waals surface area contributed by atoms with Gasteiger partial charge >= 0.3 is 11.9 Å². The summed E-state index contributed by atoms with van der Waals surface area (Å²) in [6, 6.07) is 4.69. The Morgan fingerprint density at radius 2 is 1.72 bits per heavy atom. The minimum atomic E-state index is -0.744. The topological polar surface area (TPSA) is 93.7 Å². The first-order valence-corrected chi connectivity index (χ1v) is 7.72. The molecule has 0 aliphatic rings. The molecule has 0 aliphatic heterocycles. The van der Waals surface area contributed by atoms with Crippen LogP contribution in [0.5, 0.6) is 0 Å². The average Bonchev–Trinajstić information content (AvgIpc) is 2.54. The Hall–Kier alpha value is -2.54. The summed E-state index contributed by atoms with van der Waals surface area (Å²) < 4.78 is 9.10. The van der Waals surface area contributed by atoms with Gasteiger partial charge in [0.15, 0.2) is 0 Å². The summed E-state index contributed by atoms with van der Waals surface area (Å²) >= 11 is 6.17. The fourth-order valence-electron chi connectivity index (χ4n) is 1.59. The Morgan fingerprint density at radius 1 is 1.08 bits per heavy atom. The van der Waals surface area contributed by atoms with Crippen LogP contribution in [0.3, 0.4) is 0 Å². The number of halogens is 1. The van der Waals surface area contributed by atoms with Gasteiger partial charge in [-0.3, -0.25) is 4.79 Å². The Balaban J connectivity index is 3.02. The molecule has 2 N–H and O–H groups in total. The molecule has 0 unspecified atom stereocenters. The molecule has 8 heteroatoms. The summed E-state index contributed by atoms with van der Waals surface area (Å²) in [5, 5.41) is 5.73. The van der Waals surface area contributed by atoms with E-state index in [4.69, 9.17) is 11.6 Å². The molecule has 0 atom stereocenters. The normalized spacial score (nSPS) is 11.5. The van der Waals surface area contributed by atoms with Crippen LogP contribution in [-0.2, 0) is 23.9 Å². The van der Waals surface area contributed by atoms with Crippen molar-refractivity contribution in [1.29, 1.82) is 0 Å². The zero-order chi connectivity index (χ0) is 19.2. The number of ether oxygens (including phenoxy) is 2. The van der Waals surface area contributed by atoms with E-state index in [2.05, 4.69) is 20.1 Å². The molecule has 0 spiro atoms. The monoisotopic (exact) mass is 368 g/mol. The van der Waals surface area contributed by atoms with Gasteiger partial charge < -0.3 is 20.1 Å². The summed E-state index contributed by atoms with van der Waals surface area (Å²) in [7, 11) is 2.38. The zero-order valence-electron chi connectivity index (χ0n) is 14.7. The summed E-state index contributed by atoms with van der Waals surface area (Å²) in [5.41, 5.74) is 0.182. The van der Waals surface area contributed by atoms with Crippen molar-refractivity contribution >= 4 is 40.8 Å². The van der Waals surface area contributed by atoms with Crippen LogP contribution >= 0.6 is 11.6 Å². The van der Waals surface area contributed by atoms with E-state index in [1.54, 1.807) is 32.9 Å². The summed E-state index contributed by atoms with van der Waals surface area (Å²) in [5.74, 6) is -1.64. The predicted molar refractivity (Wildman–Crippen MR) is 95.3 cm³/mol. The first-order chi connectivity index (χ1) is 11.6. The number of hydrogen-bond donors (Lipinski definition) is 2. The van der Waals surface area contributed by atoms with Gasteiger partial charge in [0.25, 0.3) is 0 Å². The highest BCUT2D eigenvalue weighted by molar-refractivity contribution is 6.34. The van der Waals surface area contributed by atoms with E-state index < -0.39 is 17.4 Å². The van der Waals surface area contributed by atoms with Crippen LogP contribution in [0.2, 0.25) is 5.02 Å². The van der Waals surface area contributed by atoms with Crippen LogP contribution in [0.4, 0.5) is 11.4 Å². The molecule has 0 radical (unpaired) electrons. The third-order valence-corrected chi connectivity index (χ3v) is 3.36. The maximum atomic E-state index is 12.0. The molecule has 0 fully saturated rings. The third kappa shape index (κ3) is 6.11. The van der Waals surface area contributed by atoms with Gasteiger partial charge in [-0.1, -0.05) is 32.4 Å². The molecule has 1 aromatic carbocycles. The molecule has 1 amide bonds. The number of benzene rings is 1. The van der Waals surface area contributed by atoms with Gasteiger partial charge in [-0.2, -0.15) is 0 Å². The zero-order valence-corrected chi connectivity index (χ0v) is 15.5. The van der Waals surface area contributed by atoms with E-state index in [9.17, 15) is 14.4 Å². The molecule has 1 rings (SSSR count). The number of anilines is 2. The molecule has 0 heterocycles. The van der Waals surface area contributed by atoms with E-state index in [0.29, 0.717) is 11.4 Å². The van der Waals surface area contributed by atoms with E-state index in [1.165, 1.54) is 20.3 Å². The standard InChI is InChI=1S/C17H21ClN2O5/c1-17(2,3)16(23)20-12-7-6-10(8-11(12)18)19-13(15(22)25-5)9-14(21)24-4/h6-9,19H,1-5H3,(H,20,23)/b13-9+. The number of esters is 2. The van der Waals surface area contributed by atoms with Crippen molar-refractivity contribution in [3.05, 3.63) is 35.0 Å². The Morgan fingerprint density at radius 3 is 2.20 bits per heavy atom. The number of amides is 1. The van der Waals surface area contributed by atoms with Crippen LogP contribution < -0.4 is 10.6 Å². The van der Waals surface area contributed by atoms with Crippen molar-refractivity contribution in [3.8, 4) is 0 Å². The summed E-state index contributed by atoms with van der Waals surface area (Å²) in [6.45, 7) is 5.35. The van der Waals surface area contributed by atoms with E-state index >= 15 is 0 Å². The predicted octanol–water partition coefficient (Wildman–Crippen LogP) is 2.97. The molecular formula is C17H21ClN2O5. The van der Waals surface area contributed by atoms with Crippen LogP contribution in [0.1, 0.15) is 20.8 Å². The molecule has 1 aromatic rings. The second kappa shape index (κ2) is 8.53. The second-order valence-electron chi connectivity index (χ2n) is 6.10. The van der Waals surface area contributed by atoms with Gasteiger partial charge in [0, 0.05) is 11.1 Å². The number of nitrogens with one attached hydrogen (secondary N) is 2. The number of carbonyl (C=O) groups excluding carboxylic acids is 3. The van der Waals surface area contributed by atoms with Crippen LogP contribution in [0, 0.1) is 5.41 Å². The summed E-state index contributed by atoms with van der Waals surface area (Å²) in [4.78, 5) is 35.1. The van der Waals surface area contributed by atoms with Crippen LogP contribution in [0.15, 0.2) is 30.0 Å². The molecule has 0 saturated heterocycles. The number of carbonyl (C=O) groups is 3. The van der Waals surface area contributed by atoms with Crippen molar-refractivity contribution in [2.75, 3.05) is 24.9 Å². The molecule has 136 valence electrons. The molecule has 7 nitrogen and oxygen atoms in total. The van der Waals surface area contributed by atoms with E-state index in [1.807, 2.05) is 0 Å². The molecule has 25 heavy (non-hydrogen) atoms. The number of rotatable bonds is 5. The van der Waals surface area contributed by atoms with Crippen molar-refractivity contribution in [1.82, 2.24) is 0 Å². The van der Waals surface area contributed by atoms with Crippen molar-refractivity contribution in [2.45, 2.75) is 20.8 Å². The van der Waals surface area contributed by atoms with Gasteiger partial charge in [-0.05, 0) is 18.2 Å². The average molecular weight is 369 g/mol. The lowest BCUT2D eigenvalue weighted by Gasteiger charge is -2.18. The fourth-order valence-corrected chi connectivity index (χ4v) is 1.82. The van der Waals surface area contributed by atoms with Gasteiger partial charge in [-0.15, -0.1) is 0 Å². The lowest BCUT2D eigenvalue weighted by atomic mass is 9.95. The van der Waals surface area contributed by atoms with Crippen molar-refractivity contribution in [2.24, 2.45) is 5.41 Å². The lowest BCUT2D eigenvalue weighted by Crippen LogP contribution is -2.27. The molecule has 0 aliphatic carbocycles. The smallest absolute Gasteiger partial charge is 0.354 e. The highest BCUT2D eigenvalue weighted by Crippen LogP contribution is 2.28. The van der Waals surface area contributed by atoms with Crippen LogP contribution in [-0.4, -0.2) is 32.1 Å². The first kappa shape index (κ1) is 20.5. The highest BCUT2D eigenvalue weighted by atomic mass is 35.5. The Kier molecular flexibility index (Phi) is 6.99. The van der Waals surface area contributed by atoms with Crippen LogP contribution in [0.25, 0.3) is 0 Å². The van der Waals surface area contributed by atoms with Gasteiger partial charge in [0.2, 0.25) is 5.91 Å². The van der Waals surface area contributed by atoms with E-state index in [0.717, 1.165) is 6.08 Å². The Labute approximate surface area is 151 Å². The lowest BCUT2D eigenvalue weighted by molar-refractivity contribution is -0.138. The largest absolute Gasteiger partial charge is 0.466 e. The second-order valence-corrected chi connectivity index (χ2v) is 6.50. The fraction of sp³-hybridized carbons (Fsp3) is 0.353. The number of hydrogen-bond acceptors (Lipinski definition) is 6. The molecule has 0 bridgehead atoms. The van der Waals surface area contributed by atoms with Gasteiger partial charge in [0.1, 0.15) is 5.70 Å². The van der Waals surface area contributed by atoms with Gasteiger partial charge in [0.05, 0.1) is 31.0 Å². The molecule has 0 aromatic heterocycles.